The number of hydrogen-bond donors (Lipinski definition) is 1. The maximum Gasteiger partial charge on any atom is 0.228 e. The number of ether oxygens (including phenoxy) is 1. The maximum atomic E-state index is 13.1. The second-order valence-corrected chi connectivity index (χ2v) is 7.79. The summed E-state index contributed by atoms with van der Waals surface area (Å²) in [6, 6.07) is 12.3. The summed E-state index contributed by atoms with van der Waals surface area (Å²) in [6.45, 7) is 3.24. The van der Waals surface area contributed by atoms with Gasteiger partial charge in [0.1, 0.15) is 0 Å². The van der Waals surface area contributed by atoms with E-state index in [1.54, 1.807) is 19.4 Å². The monoisotopic (exact) mass is 395 g/mol. The van der Waals surface area contributed by atoms with E-state index in [2.05, 4.69) is 37.2 Å². The van der Waals surface area contributed by atoms with Gasteiger partial charge in [0.15, 0.2) is 0 Å². The average Bonchev–Trinajstić information content (AvgIpc) is 2.79. The fourth-order valence-electron chi connectivity index (χ4n) is 4.25. The molecule has 154 valence electrons. The lowest BCUT2D eigenvalue weighted by Crippen LogP contribution is -2.49. The molecule has 0 bridgehead atoms. The molecule has 29 heavy (non-hydrogen) atoms. The fraction of sp³-hybridized carbons (Fsp3) is 0.500. The summed E-state index contributed by atoms with van der Waals surface area (Å²) in [4.78, 5) is 26.1. The lowest BCUT2D eigenvalue weighted by molar-refractivity contribution is -0.137. The van der Waals surface area contributed by atoms with Crippen molar-refractivity contribution in [2.75, 3.05) is 43.5 Å². The van der Waals surface area contributed by atoms with Crippen molar-refractivity contribution in [1.82, 2.24) is 14.9 Å². The first-order valence-electron chi connectivity index (χ1n) is 10.5. The van der Waals surface area contributed by atoms with Crippen molar-refractivity contribution < 1.29 is 9.53 Å². The van der Waals surface area contributed by atoms with Gasteiger partial charge < -0.3 is 19.9 Å². The van der Waals surface area contributed by atoms with Gasteiger partial charge in [-0.2, -0.15) is 4.98 Å². The van der Waals surface area contributed by atoms with Crippen LogP contribution < -0.4 is 15.0 Å². The van der Waals surface area contributed by atoms with Crippen LogP contribution in [0.25, 0.3) is 0 Å². The number of methoxy groups -OCH3 is 1. The first kappa shape index (κ1) is 19.5. The van der Waals surface area contributed by atoms with E-state index in [-0.39, 0.29) is 5.92 Å². The highest BCUT2D eigenvalue weighted by molar-refractivity contribution is 5.79. The Morgan fingerprint density at radius 1 is 1.10 bits per heavy atom. The molecule has 1 unspecified atom stereocenters. The molecule has 1 aromatic heterocycles. The number of carbonyl (C=O) groups is 1. The molecular formula is C22H29N5O2. The van der Waals surface area contributed by atoms with Gasteiger partial charge in [-0.3, -0.25) is 4.79 Å². The standard InChI is InChI=1S/C22H29N5O2/c1-29-20-9-12-23-22(25-20)26-14-10-17(11-15-26)21(28)27-13-5-8-19(16-27)24-18-6-3-2-4-7-18/h2-4,6-7,9,12,17,19,24H,5,8,10-11,13-16H2,1H3. The third kappa shape index (κ3) is 4.78. The molecule has 3 heterocycles. The van der Waals surface area contributed by atoms with E-state index in [0.29, 0.717) is 23.8 Å². The summed E-state index contributed by atoms with van der Waals surface area (Å²) in [6.07, 6.45) is 5.54. The van der Waals surface area contributed by atoms with Crippen LogP contribution in [0, 0.1) is 5.92 Å². The van der Waals surface area contributed by atoms with Crippen LogP contribution in [0.4, 0.5) is 11.6 Å². The minimum atomic E-state index is 0.0901. The minimum absolute atomic E-state index is 0.0901. The van der Waals surface area contributed by atoms with Gasteiger partial charge in [-0.05, 0) is 37.8 Å². The van der Waals surface area contributed by atoms with Crippen LogP contribution in [0.2, 0.25) is 0 Å². The number of nitrogens with one attached hydrogen (secondary N) is 1. The maximum absolute atomic E-state index is 13.1. The molecule has 0 radical (unpaired) electrons. The van der Waals surface area contributed by atoms with Crippen molar-refractivity contribution in [2.45, 2.75) is 31.7 Å². The zero-order chi connectivity index (χ0) is 20.1. The van der Waals surface area contributed by atoms with Crippen LogP contribution in [-0.2, 0) is 4.79 Å². The zero-order valence-electron chi connectivity index (χ0n) is 17.0. The number of rotatable bonds is 5. The highest BCUT2D eigenvalue weighted by Crippen LogP contribution is 2.25. The highest BCUT2D eigenvalue weighted by atomic mass is 16.5. The Balaban J connectivity index is 1.30. The van der Waals surface area contributed by atoms with Gasteiger partial charge in [0.05, 0.1) is 7.11 Å². The Labute approximate surface area is 172 Å². The summed E-state index contributed by atoms with van der Waals surface area (Å²) in [5.41, 5.74) is 1.12. The van der Waals surface area contributed by atoms with Crippen LogP contribution in [0.3, 0.4) is 0 Å². The summed E-state index contributed by atoms with van der Waals surface area (Å²) in [5, 5.41) is 3.58. The second-order valence-electron chi connectivity index (χ2n) is 7.79. The number of nitrogens with zero attached hydrogens (tertiary/aromatic N) is 4. The molecule has 2 aromatic rings. The normalized spacial score (nSPS) is 20.4. The van der Waals surface area contributed by atoms with Gasteiger partial charge in [-0.1, -0.05) is 18.2 Å². The Bertz CT molecular complexity index is 808. The molecule has 2 saturated heterocycles. The molecule has 0 spiro atoms. The third-order valence-electron chi connectivity index (χ3n) is 5.83. The number of aromatic nitrogens is 2. The van der Waals surface area contributed by atoms with Gasteiger partial charge >= 0.3 is 0 Å². The van der Waals surface area contributed by atoms with Crippen LogP contribution in [0.15, 0.2) is 42.6 Å². The lowest BCUT2D eigenvalue weighted by atomic mass is 9.94. The van der Waals surface area contributed by atoms with E-state index in [4.69, 9.17) is 4.74 Å². The van der Waals surface area contributed by atoms with E-state index in [1.165, 1.54) is 0 Å². The SMILES string of the molecule is COc1ccnc(N2CCC(C(=O)N3CCCC(Nc4ccccc4)C3)CC2)n1. The van der Waals surface area contributed by atoms with E-state index < -0.39 is 0 Å². The number of likely N-dealkylation sites (tertiary alicyclic amines) is 1. The highest BCUT2D eigenvalue weighted by Gasteiger charge is 2.32. The number of para-hydroxylation sites is 1. The Morgan fingerprint density at radius 3 is 2.66 bits per heavy atom. The molecule has 1 atom stereocenters. The Hall–Kier alpha value is -2.83. The Kier molecular flexibility index (Phi) is 6.12. The van der Waals surface area contributed by atoms with Gasteiger partial charge in [0.25, 0.3) is 0 Å². The van der Waals surface area contributed by atoms with E-state index in [0.717, 1.165) is 57.5 Å². The predicted octanol–water partition coefficient (Wildman–Crippen LogP) is 2.80. The first-order valence-corrected chi connectivity index (χ1v) is 10.5. The molecule has 0 aliphatic carbocycles. The summed E-state index contributed by atoms with van der Waals surface area (Å²) >= 11 is 0. The minimum Gasteiger partial charge on any atom is -0.481 e. The number of piperidine rings is 2. The number of amides is 1. The average molecular weight is 396 g/mol. The molecule has 1 aromatic carbocycles. The van der Waals surface area contributed by atoms with Crippen molar-refractivity contribution in [3.63, 3.8) is 0 Å². The fourth-order valence-corrected chi connectivity index (χ4v) is 4.25. The van der Waals surface area contributed by atoms with E-state index in [1.807, 2.05) is 18.2 Å². The first-order chi connectivity index (χ1) is 14.2. The van der Waals surface area contributed by atoms with Crippen LogP contribution >= 0.6 is 0 Å². The zero-order valence-corrected chi connectivity index (χ0v) is 17.0. The van der Waals surface area contributed by atoms with Crippen molar-refractivity contribution in [1.29, 1.82) is 0 Å². The molecule has 4 rings (SSSR count). The van der Waals surface area contributed by atoms with E-state index in [9.17, 15) is 4.79 Å². The Morgan fingerprint density at radius 2 is 1.90 bits per heavy atom. The lowest BCUT2D eigenvalue weighted by Gasteiger charge is -2.38. The number of hydrogen-bond acceptors (Lipinski definition) is 6. The molecule has 1 amide bonds. The van der Waals surface area contributed by atoms with Gasteiger partial charge in [0.2, 0.25) is 17.7 Å². The van der Waals surface area contributed by atoms with Crippen molar-refractivity contribution in [2.24, 2.45) is 5.92 Å². The summed E-state index contributed by atoms with van der Waals surface area (Å²) < 4.78 is 5.19. The third-order valence-corrected chi connectivity index (χ3v) is 5.83. The predicted molar refractivity (Wildman–Crippen MR) is 113 cm³/mol. The van der Waals surface area contributed by atoms with Crippen LogP contribution in [0.1, 0.15) is 25.7 Å². The number of anilines is 2. The van der Waals surface area contributed by atoms with Crippen molar-refractivity contribution >= 4 is 17.5 Å². The van der Waals surface area contributed by atoms with Crippen molar-refractivity contribution in [3.8, 4) is 5.88 Å². The molecule has 1 N–H and O–H groups in total. The molecule has 2 fully saturated rings. The summed E-state index contributed by atoms with van der Waals surface area (Å²) in [7, 11) is 1.61. The number of carbonyl (C=O) groups excluding carboxylic acids is 1. The smallest absolute Gasteiger partial charge is 0.228 e. The molecule has 7 heteroatoms. The molecule has 0 saturated carbocycles. The molecule has 2 aliphatic heterocycles. The second kappa shape index (κ2) is 9.11. The van der Waals surface area contributed by atoms with Gasteiger partial charge in [-0.15, -0.1) is 0 Å². The molecule has 2 aliphatic rings. The van der Waals surface area contributed by atoms with Gasteiger partial charge in [-0.25, -0.2) is 4.98 Å². The topological polar surface area (TPSA) is 70.6 Å². The quantitative estimate of drug-likeness (QED) is 0.840. The van der Waals surface area contributed by atoms with Crippen LogP contribution in [0.5, 0.6) is 5.88 Å². The van der Waals surface area contributed by atoms with Gasteiger partial charge in [0, 0.05) is 56.1 Å². The molecule has 7 nitrogen and oxygen atoms in total. The van der Waals surface area contributed by atoms with E-state index >= 15 is 0 Å². The number of benzene rings is 1. The van der Waals surface area contributed by atoms with Crippen LogP contribution in [-0.4, -0.2) is 60.1 Å². The molecular weight excluding hydrogens is 366 g/mol. The largest absolute Gasteiger partial charge is 0.481 e. The van der Waals surface area contributed by atoms with Crippen molar-refractivity contribution in [3.05, 3.63) is 42.6 Å². The summed E-state index contributed by atoms with van der Waals surface area (Å²) in [5.74, 6) is 1.64.